The highest BCUT2D eigenvalue weighted by Crippen LogP contribution is 2.31. The molecule has 2 aliphatic heterocycles. The number of hydrogen-bond acceptors (Lipinski definition) is 7. The number of fused-ring (bicyclic) bond motifs is 1. The Morgan fingerprint density at radius 3 is 2.64 bits per heavy atom. The van der Waals surface area contributed by atoms with Crippen LogP contribution in [-0.2, 0) is 6.54 Å². The second kappa shape index (κ2) is 6.10. The normalized spacial score (nSPS) is 18.5. The zero-order valence-electron chi connectivity index (χ0n) is 12.3. The molecule has 22 heavy (non-hydrogen) atoms. The molecule has 2 aromatic rings. The van der Waals surface area contributed by atoms with Crippen LogP contribution in [0.1, 0.15) is 5.56 Å². The van der Waals surface area contributed by atoms with Gasteiger partial charge in [-0.25, -0.2) is 0 Å². The molecule has 0 unspecified atom stereocenters. The monoisotopic (exact) mass is 318 g/mol. The van der Waals surface area contributed by atoms with Crippen LogP contribution >= 0.6 is 11.3 Å². The van der Waals surface area contributed by atoms with E-state index in [2.05, 4.69) is 32.1 Å². The molecule has 4 rings (SSSR count). The molecule has 1 aromatic carbocycles. The molecule has 0 N–H and O–H groups in total. The first-order chi connectivity index (χ1) is 10.9. The van der Waals surface area contributed by atoms with Crippen molar-refractivity contribution in [3.8, 4) is 11.5 Å². The summed E-state index contributed by atoms with van der Waals surface area (Å²) in [5.41, 5.74) is 3.06. The van der Waals surface area contributed by atoms with E-state index in [1.54, 1.807) is 16.8 Å². The van der Waals surface area contributed by atoms with E-state index in [0.29, 0.717) is 13.2 Å². The fourth-order valence-electron chi connectivity index (χ4n) is 2.85. The topological polar surface area (TPSA) is 50.7 Å². The van der Waals surface area contributed by atoms with Crippen LogP contribution in [0.25, 0.3) is 0 Å². The molecule has 0 atom stereocenters. The van der Waals surface area contributed by atoms with Gasteiger partial charge in [-0.15, -0.1) is 10.2 Å². The summed E-state index contributed by atoms with van der Waals surface area (Å²) in [6.45, 7) is 6.29. The molecule has 2 aliphatic rings. The molecular weight excluding hydrogens is 300 g/mol. The minimum atomic E-state index is 0.636. The highest BCUT2D eigenvalue weighted by molar-refractivity contribution is 7.13. The van der Waals surface area contributed by atoms with Gasteiger partial charge in [-0.2, -0.15) is 0 Å². The fourth-order valence-corrected chi connectivity index (χ4v) is 3.46. The maximum absolute atomic E-state index is 5.65. The number of rotatable bonds is 3. The third kappa shape index (κ3) is 2.86. The minimum absolute atomic E-state index is 0.636. The summed E-state index contributed by atoms with van der Waals surface area (Å²) in [7, 11) is 0. The van der Waals surface area contributed by atoms with E-state index in [0.717, 1.165) is 49.4 Å². The second-order valence-corrected chi connectivity index (χ2v) is 6.27. The Bertz CT molecular complexity index is 626. The zero-order chi connectivity index (χ0) is 14.8. The lowest BCUT2D eigenvalue weighted by atomic mass is 10.1. The van der Waals surface area contributed by atoms with Crippen molar-refractivity contribution < 1.29 is 9.47 Å². The van der Waals surface area contributed by atoms with Crippen molar-refractivity contribution in [3.63, 3.8) is 0 Å². The van der Waals surface area contributed by atoms with Crippen molar-refractivity contribution >= 4 is 16.5 Å². The highest BCUT2D eigenvalue weighted by atomic mass is 32.1. The number of nitrogens with zero attached hydrogens (tertiary/aromatic N) is 4. The number of anilines is 1. The Morgan fingerprint density at radius 1 is 1.05 bits per heavy atom. The summed E-state index contributed by atoms with van der Waals surface area (Å²) in [5.74, 6) is 1.73. The summed E-state index contributed by atoms with van der Waals surface area (Å²) < 4.78 is 11.2. The van der Waals surface area contributed by atoms with Crippen LogP contribution in [0.3, 0.4) is 0 Å². The first-order valence-corrected chi connectivity index (χ1v) is 8.38. The minimum Gasteiger partial charge on any atom is -0.486 e. The van der Waals surface area contributed by atoms with E-state index < -0.39 is 0 Å². The van der Waals surface area contributed by atoms with Crippen molar-refractivity contribution in [2.75, 3.05) is 44.3 Å². The van der Waals surface area contributed by atoms with Crippen LogP contribution in [0.4, 0.5) is 5.13 Å². The predicted octanol–water partition coefficient (Wildman–Crippen LogP) is 1.63. The third-order valence-corrected chi connectivity index (χ3v) is 4.75. The van der Waals surface area contributed by atoms with Gasteiger partial charge < -0.3 is 14.4 Å². The lowest BCUT2D eigenvalue weighted by Crippen LogP contribution is -2.45. The smallest absolute Gasteiger partial charge is 0.208 e. The first-order valence-electron chi connectivity index (χ1n) is 7.50. The Morgan fingerprint density at radius 2 is 1.86 bits per heavy atom. The van der Waals surface area contributed by atoms with Gasteiger partial charge in [-0.1, -0.05) is 17.4 Å². The molecule has 3 heterocycles. The summed E-state index contributed by atoms with van der Waals surface area (Å²) in [4.78, 5) is 4.76. The molecule has 7 heteroatoms. The molecule has 0 saturated carbocycles. The van der Waals surface area contributed by atoms with Crippen molar-refractivity contribution in [2.24, 2.45) is 0 Å². The van der Waals surface area contributed by atoms with E-state index in [9.17, 15) is 0 Å². The maximum Gasteiger partial charge on any atom is 0.208 e. The van der Waals surface area contributed by atoms with E-state index in [4.69, 9.17) is 9.47 Å². The van der Waals surface area contributed by atoms with Gasteiger partial charge in [-0.3, -0.25) is 4.90 Å². The van der Waals surface area contributed by atoms with Gasteiger partial charge in [-0.05, 0) is 17.7 Å². The van der Waals surface area contributed by atoms with Crippen molar-refractivity contribution in [1.82, 2.24) is 15.1 Å². The van der Waals surface area contributed by atoms with E-state index in [1.165, 1.54) is 5.56 Å². The Hall–Kier alpha value is -1.86. The Balaban J connectivity index is 1.36. The van der Waals surface area contributed by atoms with Crippen LogP contribution in [0, 0.1) is 0 Å². The molecule has 0 spiro atoms. The van der Waals surface area contributed by atoms with E-state index in [-0.39, 0.29) is 0 Å². The SMILES string of the molecule is c1nnc(N2CCN(Cc3ccc4c(c3)OCCO4)CC2)s1. The molecular formula is C15H18N4O2S. The number of ether oxygens (including phenoxy) is 2. The Labute approximate surface area is 133 Å². The lowest BCUT2D eigenvalue weighted by molar-refractivity contribution is 0.171. The first kappa shape index (κ1) is 13.8. The molecule has 0 aliphatic carbocycles. The van der Waals surface area contributed by atoms with Crippen molar-refractivity contribution in [1.29, 1.82) is 0 Å². The van der Waals surface area contributed by atoms with Crippen LogP contribution in [-0.4, -0.2) is 54.5 Å². The van der Waals surface area contributed by atoms with Gasteiger partial charge in [0.1, 0.15) is 18.7 Å². The molecule has 116 valence electrons. The summed E-state index contributed by atoms with van der Waals surface area (Å²) in [5, 5.41) is 9.08. The number of hydrogen-bond donors (Lipinski definition) is 0. The van der Waals surface area contributed by atoms with E-state index >= 15 is 0 Å². The van der Waals surface area contributed by atoms with Gasteiger partial charge >= 0.3 is 0 Å². The van der Waals surface area contributed by atoms with Crippen molar-refractivity contribution in [2.45, 2.75) is 6.54 Å². The van der Waals surface area contributed by atoms with Gasteiger partial charge in [0.05, 0.1) is 0 Å². The summed E-state index contributed by atoms with van der Waals surface area (Å²) >= 11 is 1.60. The van der Waals surface area contributed by atoms with Gasteiger partial charge in [0.25, 0.3) is 0 Å². The molecule has 0 bridgehead atoms. The van der Waals surface area contributed by atoms with E-state index in [1.807, 2.05) is 6.07 Å². The standard InChI is InChI=1S/C15H18N4O2S/c1-2-13-14(21-8-7-20-13)9-12(1)10-18-3-5-19(6-4-18)15-17-16-11-22-15/h1-2,9,11H,3-8,10H2. The molecule has 6 nitrogen and oxygen atoms in total. The Kier molecular flexibility index (Phi) is 3.82. The predicted molar refractivity (Wildman–Crippen MR) is 84.8 cm³/mol. The molecule has 1 fully saturated rings. The van der Waals surface area contributed by atoms with Gasteiger partial charge in [0.15, 0.2) is 11.5 Å². The van der Waals surface area contributed by atoms with Crippen molar-refractivity contribution in [3.05, 3.63) is 29.3 Å². The average Bonchev–Trinajstić information content (AvgIpc) is 3.10. The fraction of sp³-hybridized carbons (Fsp3) is 0.467. The van der Waals surface area contributed by atoms with Crippen LogP contribution in [0.5, 0.6) is 11.5 Å². The third-order valence-electron chi connectivity index (χ3n) is 4.00. The molecule has 0 radical (unpaired) electrons. The molecule has 1 aromatic heterocycles. The van der Waals surface area contributed by atoms with Crippen LogP contribution in [0.15, 0.2) is 23.7 Å². The number of aromatic nitrogens is 2. The zero-order valence-corrected chi connectivity index (χ0v) is 13.1. The number of piperazine rings is 1. The molecule has 0 amide bonds. The summed E-state index contributed by atoms with van der Waals surface area (Å²) in [6, 6.07) is 6.25. The van der Waals surface area contributed by atoms with Crippen LogP contribution in [0.2, 0.25) is 0 Å². The average molecular weight is 318 g/mol. The number of benzene rings is 1. The lowest BCUT2D eigenvalue weighted by Gasteiger charge is -2.34. The second-order valence-electron chi connectivity index (χ2n) is 5.46. The quantitative estimate of drug-likeness (QED) is 0.857. The molecule has 1 saturated heterocycles. The highest BCUT2D eigenvalue weighted by Gasteiger charge is 2.20. The van der Waals surface area contributed by atoms with Crippen LogP contribution < -0.4 is 14.4 Å². The summed E-state index contributed by atoms with van der Waals surface area (Å²) in [6.07, 6.45) is 0. The van der Waals surface area contributed by atoms with Gasteiger partial charge in [0, 0.05) is 32.7 Å². The van der Waals surface area contributed by atoms with Gasteiger partial charge in [0.2, 0.25) is 5.13 Å². The largest absolute Gasteiger partial charge is 0.486 e. The maximum atomic E-state index is 5.65.